The van der Waals surface area contributed by atoms with Gasteiger partial charge in [-0.15, -0.1) is 0 Å². The molecule has 0 unspecified atom stereocenters. The monoisotopic (exact) mass is 158 g/mol. The normalized spacial score (nSPS) is 12.1. The van der Waals surface area contributed by atoms with Crippen molar-refractivity contribution in [2.45, 2.75) is 12.5 Å². The SMILES string of the molecule is C=C(CC(N)=O)[C@@H](N)C(=O)O. The lowest BCUT2D eigenvalue weighted by Crippen LogP contribution is -2.33. The molecule has 0 fully saturated rings. The lowest BCUT2D eigenvalue weighted by atomic mass is 10.1. The Hall–Kier alpha value is -1.36. The Kier molecular flexibility index (Phi) is 3.26. The summed E-state index contributed by atoms with van der Waals surface area (Å²) < 4.78 is 0. The summed E-state index contributed by atoms with van der Waals surface area (Å²) in [5.41, 5.74) is 10.0. The molecule has 0 aromatic heterocycles. The van der Waals surface area contributed by atoms with Crippen molar-refractivity contribution >= 4 is 11.9 Å². The summed E-state index contributed by atoms with van der Waals surface area (Å²) in [4.78, 5) is 20.4. The van der Waals surface area contributed by atoms with Crippen LogP contribution in [-0.4, -0.2) is 23.0 Å². The number of carbonyl (C=O) groups is 2. The molecular weight excluding hydrogens is 148 g/mol. The maximum atomic E-state index is 10.2. The van der Waals surface area contributed by atoms with Gasteiger partial charge < -0.3 is 16.6 Å². The third-order valence-corrected chi connectivity index (χ3v) is 1.11. The third-order valence-electron chi connectivity index (χ3n) is 1.11. The van der Waals surface area contributed by atoms with Crippen LogP contribution in [0.3, 0.4) is 0 Å². The number of hydrogen-bond acceptors (Lipinski definition) is 3. The van der Waals surface area contributed by atoms with Gasteiger partial charge in [0.25, 0.3) is 0 Å². The molecule has 5 nitrogen and oxygen atoms in total. The molecule has 11 heavy (non-hydrogen) atoms. The highest BCUT2D eigenvalue weighted by Crippen LogP contribution is 2.01. The van der Waals surface area contributed by atoms with Crippen LogP contribution in [0.15, 0.2) is 12.2 Å². The fraction of sp³-hybridized carbons (Fsp3) is 0.333. The summed E-state index contributed by atoms with van der Waals surface area (Å²) in [5.74, 6) is -1.84. The molecule has 0 saturated heterocycles. The Labute approximate surface area is 63.7 Å². The first-order valence-corrected chi connectivity index (χ1v) is 2.89. The lowest BCUT2D eigenvalue weighted by molar-refractivity contribution is -0.137. The number of rotatable bonds is 4. The molecule has 0 aliphatic carbocycles. The molecule has 1 atom stereocenters. The van der Waals surface area contributed by atoms with Crippen molar-refractivity contribution in [2.75, 3.05) is 0 Å². The predicted octanol–water partition coefficient (Wildman–Crippen LogP) is -1.17. The number of aliphatic carboxylic acids is 1. The van der Waals surface area contributed by atoms with E-state index in [1.807, 2.05) is 0 Å². The number of amides is 1. The van der Waals surface area contributed by atoms with Crippen LogP contribution in [0.25, 0.3) is 0 Å². The molecule has 0 aliphatic heterocycles. The minimum atomic E-state index is -1.21. The third kappa shape index (κ3) is 3.36. The molecule has 0 aliphatic rings. The quantitative estimate of drug-likeness (QED) is 0.448. The van der Waals surface area contributed by atoms with Gasteiger partial charge in [-0.25, -0.2) is 0 Å². The van der Waals surface area contributed by atoms with E-state index in [2.05, 4.69) is 6.58 Å². The molecule has 0 radical (unpaired) electrons. The predicted molar refractivity (Wildman–Crippen MR) is 38.6 cm³/mol. The fourth-order valence-corrected chi connectivity index (χ4v) is 0.508. The van der Waals surface area contributed by atoms with Gasteiger partial charge >= 0.3 is 5.97 Å². The maximum absolute atomic E-state index is 10.2. The molecule has 0 saturated carbocycles. The van der Waals surface area contributed by atoms with Gasteiger partial charge in [-0.2, -0.15) is 0 Å². The summed E-state index contributed by atoms with van der Waals surface area (Å²) in [6.07, 6.45) is -0.187. The first-order chi connectivity index (χ1) is 4.95. The number of carbonyl (C=O) groups excluding carboxylic acids is 1. The summed E-state index contributed by atoms with van der Waals surface area (Å²) in [6.45, 7) is 3.31. The van der Waals surface area contributed by atoms with Crippen LogP contribution in [0.2, 0.25) is 0 Å². The average Bonchev–Trinajstić information content (AvgIpc) is 1.84. The van der Waals surface area contributed by atoms with Crippen LogP contribution >= 0.6 is 0 Å². The first kappa shape index (κ1) is 9.64. The molecule has 0 heterocycles. The van der Waals surface area contributed by atoms with Crippen LogP contribution in [0.1, 0.15) is 6.42 Å². The van der Waals surface area contributed by atoms with Crippen molar-refractivity contribution in [1.82, 2.24) is 0 Å². The zero-order valence-electron chi connectivity index (χ0n) is 5.91. The molecule has 1 amide bonds. The van der Waals surface area contributed by atoms with Gasteiger partial charge in [0.05, 0.1) is 0 Å². The highest BCUT2D eigenvalue weighted by Gasteiger charge is 2.16. The first-order valence-electron chi connectivity index (χ1n) is 2.89. The Morgan fingerprint density at radius 3 is 2.27 bits per heavy atom. The Bertz CT molecular complexity index is 200. The Morgan fingerprint density at radius 2 is 2.00 bits per heavy atom. The van der Waals surface area contributed by atoms with Crippen molar-refractivity contribution in [3.63, 3.8) is 0 Å². The van der Waals surface area contributed by atoms with Gasteiger partial charge in [0.2, 0.25) is 5.91 Å². The van der Waals surface area contributed by atoms with E-state index in [4.69, 9.17) is 16.6 Å². The summed E-state index contributed by atoms with van der Waals surface area (Å²) in [7, 11) is 0. The fourth-order valence-electron chi connectivity index (χ4n) is 0.508. The number of hydrogen-bond donors (Lipinski definition) is 3. The van der Waals surface area contributed by atoms with Crippen molar-refractivity contribution in [2.24, 2.45) is 11.5 Å². The van der Waals surface area contributed by atoms with Gasteiger partial charge in [-0.05, 0) is 5.57 Å². The molecule has 62 valence electrons. The standard InChI is InChI=1S/C6H10N2O3/c1-3(2-4(7)9)5(8)6(10)11/h5H,1-2,8H2,(H2,7,9)(H,10,11)/t5-/m1/s1. The second kappa shape index (κ2) is 3.72. The molecule has 5 N–H and O–H groups in total. The molecule has 5 heteroatoms. The second-order valence-electron chi connectivity index (χ2n) is 2.12. The van der Waals surface area contributed by atoms with Crippen LogP contribution in [-0.2, 0) is 9.59 Å². The summed E-state index contributed by atoms with van der Waals surface area (Å²) in [6, 6.07) is -1.21. The summed E-state index contributed by atoms with van der Waals surface area (Å²) >= 11 is 0. The van der Waals surface area contributed by atoms with Gasteiger partial charge in [0.15, 0.2) is 0 Å². The van der Waals surface area contributed by atoms with Gasteiger partial charge in [-0.3, -0.25) is 9.59 Å². The van der Waals surface area contributed by atoms with Crippen molar-refractivity contribution in [3.05, 3.63) is 12.2 Å². The van der Waals surface area contributed by atoms with Crippen LogP contribution < -0.4 is 11.5 Å². The Balaban J connectivity index is 4.04. The van der Waals surface area contributed by atoms with Gasteiger partial charge in [0, 0.05) is 6.42 Å². The van der Waals surface area contributed by atoms with Gasteiger partial charge in [-0.1, -0.05) is 6.58 Å². The van der Waals surface area contributed by atoms with E-state index < -0.39 is 17.9 Å². The van der Waals surface area contributed by atoms with E-state index in [9.17, 15) is 9.59 Å². The Morgan fingerprint density at radius 1 is 1.55 bits per heavy atom. The molecule has 0 spiro atoms. The largest absolute Gasteiger partial charge is 0.480 e. The van der Waals surface area contributed by atoms with Crippen molar-refractivity contribution in [3.8, 4) is 0 Å². The van der Waals surface area contributed by atoms with E-state index in [1.54, 1.807) is 0 Å². The zero-order valence-corrected chi connectivity index (χ0v) is 5.91. The van der Waals surface area contributed by atoms with Crippen LogP contribution in [0.4, 0.5) is 0 Å². The van der Waals surface area contributed by atoms with Crippen LogP contribution in [0.5, 0.6) is 0 Å². The molecule has 0 aromatic rings. The van der Waals surface area contributed by atoms with E-state index in [0.29, 0.717) is 0 Å². The van der Waals surface area contributed by atoms with Crippen molar-refractivity contribution < 1.29 is 14.7 Å². The van der Waals surface area contributed by atoms with E-state index >= 15 is 0 Å². The molecule has 0 aromatic carbocycles. The highest BCUT2D eigenvalue weighted by atomic mass is 16.4. The minimum Gasteiger partial charge on any atom is -0.480 e. The number of primary amides is 1. The second-order valence-corrected chi connectivity index (χ2v) is 2.12. The molecule has 0 rings (SSSR count). The van der Waals surface area contributed by atoms with E-state index in [1.165, 1.54) is 0 Å². The lowest BCUT2D eigenvalue weighted by Gasteiger charge is -2.06. The minimum absolute atomic E-state index is 0.116. The zero-order chi connectivity index (χ0) is 9.02. The number of carboxylic acid groups (broad SMARTS) is 1. The number of nitrogens with two attached hydrogens (primary N) is 2. The average molecular weight is 158 g/mol. The molecular formula is C6H10N2O3. The van der Waals surface area contributed by atoms with Crippen molar-refractivity contribution in [1.29, 1.82) is 0 Å². The van der Waals surface area contributed by atoms with E-state index in [-0.39, 0.29) is 12.0 Å². The number of carboxylic acids is 1. The molecule has 0 bridgehead atoms. The van der Waals surface area contributed by atoms with E-state index in [0.717, 1.165) is 0 Å². The van der Waals surface area contributed by atoms with Crippen LogP contribution in [0, 0.1) is 0 Å². The maximum Gasteiger partial charge on any atom is 0.324 e. The smallest absolute Gasteiger partial charge is 0.324 e. The summed E-state index contributed by atoms with van der Waals surface area (Å²) in [5, 5.41) is 8.33. The van der Waals surface area contributed by atoms with Gasteiger partial charge in [0.1, 0.15) is 6.04 Å². The highest BCUT2D eigenvalue weighted by molar-refractivity contribution is 5.82. The topological polar surface area (TPSA) is 106 Å².